The summed E-state index contributed by atoms with van der Waals surface area (Å²) in [6, 6.07) is 8.23. The summed E-state index contributed by atoms with van der Waals surface area (Å²) in [7, 11) is 1.44. The molecule has 0 radical (unpaired) electrons. The maximum Gasteiger partial charge on any atom is 0.310 e. The van der Waals surface area contributed by atoms with Crippen molar-refractivity contribution in [2.75, 3.05) is 33.3 Å². The zero-order chi connectivity index (χ0) is 20.8. The molecule has 29 heavy (non-hydrogen) atoms. The minimum atomic E-state index is -0.159. The van der Waals surface area contributed by atoms with Gasteiger partial charge < -0.3 is 19.9 Å². The van der Waals surface area contributed by atoms with Gasteiger partial charge in [-0.3, -0.25) is 14.6 Å². The molecule has 0 aromatic heterocycles. The van der Waals surface area contributed by atoms with E-state index in [2.05, 4.69) is 29.3 Å². The van der Waals surface area contributed by atoms with Gasteiger partial charge in [-0.1, -0.05) is 31.2 Å². The van der Waals surface area contributed by atoms with Gasteiger partial charge in [-0.05, 0) is 30.4 Å². The third-order valence-corrected chi connectivity index (χ3v) is 5.75. The quantitative estimate of drug-likeness (QED) is 0.342. The summed E-state index contributed by atoms with van der Waals surface area (Å²) in [4.78, 5) is 33.2. The Morgan fingerprint density at radius 2 is 1.86 bits per heavy atom. The standard InChI is InChI=1S/C22H32N4O3/c1-4-23-22(26-12-16(2)19(15-26)21(28)29-3)24-11-7-10-20(27)25-13-17-8-5-6-9-18(17)14-25/h5-6,8-9,16,19H,4,7,10-15H2,1-3H3,(H,23,24). The summed E-state index contributed by atoms with van der Waals surface area (Å²) in [5, 5.41) is 3.31. The van der Waals surface area contributed by atoms with E-state index >= 15 is 0 Å². The van der Waals surface area contributed by atoms with Crippen LogP contribution in [0.2, 0.25) is 0 Å². The lowest BCUT2D eigenvalue weighted by atomic mass is 9.99. The zero-order valence-corrected chi connectivity index (χ0v) is 17.7. The highest BCUT2D eigenvalue weighted by molar-refractivity contribution is 5.82. The smallest absolute Gasteiger partial charge is 0.310 e. The van der Waals surface area contributed by atoms with Crippen molar-refractivity contribution in [3.8, 4) is 0 Å². The molecule has 7 heteroatoms. The van der Waals surface area contributed by atoms with Gasteiger partial charge in [0, 0.05) is 45.7 Å². The van der Waals surface area contributed by atoms with Crippen LogP contribution in [0.4, 0.5) is 0 Å². The number of guanidine groups is 1. The first kappa shape index (κ1) is 21.1. The summed E-state index contributed by atoms with van der Waals surface area (Å²) in [5.41, 5.74) is 2.49. The van der Waals surface area contributed by atoms with E-state index in [1.165, 1.54) is 18.2 Å². The number of rotatable bonds is 6. The highest BCUT2D eigenvalue weighted by atomic mass is 16.5. The second-order valence-electron chi connectivity index (χ2n) is 7.87. The fourth-order valence-electron chi connectivity index (χ4n) is 4.11. The van der Waals surface area contributed by atoms with Crippen LogP contribution in [-0.4, -0.2) is 60.9 Å². The number of fused-ring (bicyclic) bond motifs is 1. The van der Waals surface area contributed by atoms with Crippen molar-refractivity contribution in [1.82, 2.24) is 15.1 Å². The van der Waals surface area contributed by atoms with E-state index in [1.54, 1.807) is 0 Å². The summed E-state index contributed by atoms with van der Waals surface area (Å²) in [5.74, 6) is 0.939. The van der Waals surface area contributed by atoms with Crippen molar-refractivity contribution < 1.29 is 14.3 Å². The summed E-state index contributed by atoms with van der Waals surface area (Å²) in [6.07, 6.45) is 1.21. The fraction of sp³-hybridized carbons (Fsp3) is 0.591. The van der Waals surface area contributed by atoms with Crippen LogP contribution in [0.5, 0.6) is 0 Å². The normalized spacial score (nSPS) is 21.3. The van der Waals surface area contributed by atoms with E-state index in [4.69, 9.17) is 9.73 Å². The molecule has 3 rings (SSSR count). The van der Waals surface area contributed by atoms with E-state index in [0.29, 0.717) is 39.0 Å². The molecule has 2 unspecified atom stereocenters. The molecule has 2 atom stereocenters. The van der Waals surface area contributed by atoms with Gasteiger partial charge in [0.25, 0.3) is 0 Å². The van der Waals surface area contributed by atoms with Gasteiger partial charge in [-0.25, -0.2) is 0 Å². The summed E-state index contributed by atoms with van der Waals surface area (Å²) < 4.78 is 4.92. The molecular weight excluding hydrogens is 368 g/mol. The molecule has 2 aliphatic heterocycles. The van der Waals surface area contributed by atoms with Crippen LogP contribution in [0.3, 0.4) is 0 Å². The van der Waals surface area contributed by atoms with Gasteiger partial charge in [0.1, 0.15) is 0 Å². The molecule has 158 valence electrons. The number of carbonyl (C=O) groups excluding carboxylic acids is 2. The first-order valence-electron chi connectivity index (χ1n) is 10.5. The van der Waals surface area contributed by atoms with Crippen LogP contribution >= 0.6 is 0 Å². The number of aliphatic imine (C=N–C) groups is 1. The number of benzene rings is 1. The van der Waals surface area contributed by atoms with Gasteiger partial charge in [0.2, 0.25) is 5.91 Å². The average molecular weight is 401 g/mol. The Kier molecular flexibility index (Phi) is 7.12. The molecule has 1 saturated heterocycles. The number of nitrogens with zero attached hydrogens (tertiary/aromatic N) is 3. The van der Waals surface area contributed by atoms with Gasteiger partial charge in [0.15, 0.2) is 5.96 Å². The number of nitrogens with one attached hydrogen (secondary N) is 1. The molecule has 0 saturated carbocycles. The number of ether oxygens (including phenoxy) is 1. The van der Waals surface area contributed by atoms with Crippen LogP contribution in [0.1, 0.15) is 37.8 Å². The van der Waals surface area contributed by atoms with Gasteiger partial charge in [-0.15, -0.1) is 0 Å². The number of hydrogen-bond donors (Lipinski definition) is 1. The minimum absolute atomic E-state index is 0.123. The predicted octanol–water partition coefficient (Wildman–Crippen LogP) is 2.02. The van der Waals surface area contributed by atoms with Crippen molar-refractivity contribution in [2.24, 2.45) is 16.8 Å². The third kappa shape index (κ3) is 5.08. The Labute approximate surface area is 173 Å². The maximum absolute atomic E-state index is 12.5. The van der Waals surface area contributed by atoms with E-state index in [9.17, 15) is 9.59 Å². The third-order valence-electron chi connectivity index (χ3n) is 5.75. The van der Waals surface area contributed by atoms with Crippen molar-refractivity contribution in [3.63, 3.8) is 0 Å². The molecular formula is C22H32N4O3. The fourth-order valence-corrected chi connectivity index (χ4v) is 4.11. The Bertz CT molecular complexity index is 739. The number of amides is 1. The topological polar surface area (TPSA) is 74.2 Å². The van der Waals surface area contributed by atoms with Crippen LogP contribution in [-0.2, 0) is 27.4 Å². The van der Waals surface area contributed by atoms with Gasteiger partial charge in [0.05, 0.1) is 13.0 Å². The molecule has 0 bridgehead atoms. The highest BCUT2D eigenvalue weighted by Gasteiger charge is 2.36. The van der Waals surface area contributed by atoms with Crippen molar-refractivity contribution in [3.05, 3.63) is 35.4 Å². The van der Waals surface area contributed by atoms with E-state index in [0.717, 1.165) is 19.0 Å². The Morgan fingerprint density at radius 1 is 1.17 bits per heavy atom. The molecule has 2 aliphatic rings. The average Bonchev–Trinajstić information content (AvgIpc) is 3.33. The SMILES string of the molecule is CCNC(=NCCCC(=O)N1Cc2ccccc2C1)N1CC(C)C(C(=O)OC)C1. The van der Waals surface area contributed by atoms with Crippen LogP contribution in [0.25, 0.3) is 0 Å². The second kappa shape index (κ2) is 9.76. The van der Waals surface area contributed by atoms with Crippen molar-refractivity contribution in [1.29, 1.82) is 0 Å². The number of esters is 1. The molecule has 0 aliphatic carbocycles. The van der Waals surface area contributed by atoms with Crippen molar-refractivity contribution >= 4 is 17.8 Å². The molecule has 1 fully saturated rings. The van der Waals surface area contributed by atoms with Crippen molar-refractivity contribution in [2.45, 2.75) is 39.8 Å². The monoisotopic (exact) mass is 400 g/mol. The largest absolute Gasteiger partial charge is 0.469 e. The van der Waals surface area contributed by atoms with Crippen LogP contribution in [0.15, 0.2) is 29.3 Å². The Morgan fingerprint density at radius 3 is 2.48 bits per heavy atom. The van der Waals surface area contributed by atoms with Crippen LogP contribution < -0.4 is 5.32 Å². The lowest BCUT2D eigenvalue weighted by Gasteiger charge is -2.21. The lowest BCUT2D eigenvalue weighted by Crippen LogP contribution is -2.40. The molecule has 7 nitrogen and oxygen atoms in total. The zero-order valence-electron chi connectivity index (χ0n) is 17.7. The Hall–Kier alpha value is -2.57. The molecule has 1 N–H and O–H groups in total. The molecule has 1 aromatic carbocycles. The number of likely N-dealkylation sites (tertiary alicyclic amines) is 1. The number of carbonyl (C=O) groups is 2. The van der Waals surface area contributed by atoms with E-state index < -0.39 is 0 Å². The van der Waals surface area contributed by atoms with E-state index in [1.807, 2.05) is 24.0 Å². The first-order valence-corrected chi connectivity index (χ1v) is 10.5. The van der Waals surface area contributed by atoms with Gasteiger partial charge in [-0.2, -0.15) is 0 Å². The molecule has 1 amide bonds. The summed E-state index contributed by atoms with van der Waals surface area (Å²) in [6.45, 7) is 8.25. The lowest BCUT2D eigenvalue weighted by molar-refractivity contribution is -0.146. The molecule has 0 spiro atoms. The molecule has 2 heterocycles. The first-order chi connectivity index (χ1) is 14.0. The minimum Gasteiger partial charge on any atom is -0.469 e. The van der Waals surface area contributed by atoms with Gasteiger partial charge >= 0.3 is 5.97 Å². The van der Waals surface area contributed by atoms with Crippen LogP contribution in [0, 0.1) is 11.8 Å². The van der Waals surface area contributed by atoms with E-state index in [-0.39, 0.29) is 23.7 Å². The second-order valence-corrected chi connectivity index (χ2v) is 7.87. The number of hydrogen-bond acceptors (Lipinski definition) is 4. The summed E-state index contributed by atoms with van der Waals surface area (Å²) >= 11 is 0. The predicted molar refractivity (Wildman–Crippen MR) is 112 cm³/mol. The molecule has 1 aromatic rings. The number of methoxy groups -OCH3 is 1. The maximum atomic E-state index is 12.5. The Balaban J connectivity index is 1.49. The highest BCUT2D eigenvalue weighted by Crippen LogP contribution is 2.24.